The molecule has 0 saturated carbocycles. The lowest BCUT2D eigenvalue weighted by Gasteiger charge is -2.29. The summed E-state index contributed by atoms with van der Waals surface area (Å²) in [6.45, 7) is 4.46. The molecule has 2 fully saturated rings. The Bertz CT molecular complexity index is 1060. The number of nitrogens with zero attached hydrogens (tertiary/aromatic N) is 1. The third-order valence-corrected chi connectivity index (χ3v) is 11.2. The summed E-state index contributed by atoms with van der Waals surface area (Å²) in [5, 5.41) is 4.43. The molecular formula is C21H28N2O4S3. The molecule has 164 valence electrons. The van der Waals surface area contributed by atoms with Crippen LogP contribution >= 0.6 is 11.3 Å². The van der Waals surface area contributed by atoms with Gasteiger partial charge in [0, 0.05) is 17.5 Å². The fraction of sp³-hybridized carbons (Fsp3) is 0.524. The molecule has 2 aliphatic rings. The molecule has 1 unspecified atom stereocenters. The molecular weight excluding hydrogens is 440 g/mol. The number of aryl methyl sites for hydroxylation is 1. The zero-order chi connectivity index (χ0) is 21.4. The van der Waals surface area contributed by atoms with E-state index in [4.69, 9.17) is 0 Å². The predicted molar refractivity (Wildman–Crippen MR) is 120 cm³/mol. The average Bonchev–Trinajstić information content (AvgIpc) is 3.44. The second-order valence-corrected chi connectivity index (χ2v) is 13.6. The van der Waals surface area contributed by atoms with Crippen molar-refractivity contribution in [1.82, 2.24) is 10.2 Å². The van der Waals surface area contributed by atoms with Crippen LogP contribution in [0.2, 0.25) is 0 Å². The van der Waals surface area contributed by atoms with E-state index in [-0.39, 0.29) is 22.4 Å². The van der Waals surface area contributed by atoms with E-state index < -0.39 is 31.0 Å². The van der Waals surface area contributed by atoms with Crippen molar-refractivity contribution in [3.63, 3.8) is 0 Å². The van der Waals surface area contributed by atoms with E-state index in [1.165, 1.54) is 4.88 Å². The zero-order valence-electron chi connectivity index (χ0n) is 17.0. The Morgan fingerprint density at radius 3 is 2.47 bits per heavy atom. The van der Waals surface area contributed by atoms with Crippen LogP contribution in [0.25, 0.3) is 0 Å². The van der Waals surface area contributed by atoms with Crippen molar-refractivity contribution in [2.75, 3.05) is 31.1 Å². The van der Waals surface area contributed by atoms with Crippen LogP contribution in [0.3, 0.4) is 0 Å². The third kappa shape index (κ3) is 4.65. The number of rotatable bonds is 7. The molecule has 0 radical (unpaired) electrons. The summed E-state index contributed by atoms with van der Waals surface area (Å²) in [4.78, 5) is 3.82. The summed E-state index contributed by atoms with van der Waals surface area (Å²) in [6.07, 6.45) is 2.31. The first-order valence-corrected chi connectivity index (χ1v) is 14.5. The van der Waals surface area contributed by atoms with Crippen LogP contribution in [0.1, 0.15) is 29.3 Å². The first-order chi connectivity index (χ1) is 14.3. The monoisotopic (exact) mass is 468 g/mol. The lowest BCUT2D eigenvalue weighted by atomic mass is 10.2. The third-order valence-electron chi connectivity index (χ3n) is 6.07. The topological polar surface area (TPSA) is 83.5 Å². The summed E-state index contributed by atoms with van der Waals surface area (Å²) in [5.41, 5.74) is 0.965. The number of nitrogens with one attached hydrogen (secondary N) is 1. The number of benzene rings is 1. The maximum Gasteiger partial charge on any atom is 0.183 e. The molecule has 30 heavy (non-hydrogen) atoms. The summed E-state index contributed by atoms with van der Waals surface area (Å²) in [6, 6.07) is 10.3. The van der Waals surface area contributed by atoms with Gasteiger partial charge in [-0.1, -0.05) is 23.8 Å². The molecule has 1 aromatic carbocycles. The highest BCUT2D eigenvalue weighted by molar-refractivity contribution is 7.96. The summed E-state index contributed by atoms with van der Waals surface area (Å²) in [7, 11) is -7.17. The molecule has 1 aromatic heterocycles. The zero-order valence-corrected chi connectivity index (χ0v) is 19.5. The van der Waals surface area contributed by atoms with Crippen molar-refractivity contribution in [3.8, 4) is 0 Å². The molecule has 2 aliphatic heterocycles. The number of likely N-dealkylation sites (tertiary alicyclic amines) is 1. The van der Waals surface area contributed by atoms with Crippen LogP contribution in [0, 0.1) is 6.92 Å². The van der Waals surface area contributed by atoms with Crippen LogP contribution < -0.4 is 5.32 Å². The lowest BCUT2D eigenvalue weighted by Crippen LogP contribution is -2.46. The quantitative estimate of drug-likeness (QED) is 0.672. The van der Waals surface area contributed by atoms with Crippen molar-refractivity contribution >= 4 is 31.0 Å². The van der Waals surface area contributed by atoms with E-state index in [1.807, 2.05) is 18.4 Å². The van der Waals surface area contributed by atoms with E-state index in [2.05, 4.69) is 16.3 Å². The minimum absolute atomic E-state index is 0.138. The predicted octanol–water partition coefficient (Wildman–Crippen LogP) is 2.42. The number of hydrogen-bond acceptors (Lipinski definition) is 7. The van der Waals surface area contributed by atoms with Crippen molar-refractivity contribution in [2.45, 2.75) is 42.0 Å². The maximum absolute atomic E-state index is 13.3. The Morgan fingerprint density at radius 2 is 1.83 bits per heavy atom. The Balaban J connectivity index is 1.56. The van der Waals surface area contributed by atoms with Crippen LogP contribution in [0.4, 0.5) is 0 Å². The summed E-state index contributed by atoms with van der Waals surface area (Å²) in [5.74, 6) is -0.464. The van der Waals surface area contributed by atoms with E-state index in [0.717, 1.165) is 31.5 Å². The maximum atomic E-state index is 13.3. The van der Waals surface area contributed by atoms with Gasteiger partial charge < -0.3 is 5.32 Å². The van der Waals surface area contributed by atoms with Gasteiger partial charge in [-0.3, -0.25) is 4.90 Å². The normalized spacial score (nSPS) is 25.5. The van der Waals surface area contributed by atoms with Crippen LogP contribution in [0.15, 0.2) is 46.7 Å². The highest BCUT2D eigenvalue weighted by Gasteiger charge is 2.46. The Kier molecular flexibility index (Phi) is 6.37. The highest BCUT2D eigenvalue weighted by atomic mass is 32.2. The molecule has 0 spiro atoms. The molecule has 3 atom stereocenters. The fourth-order valence-corrected chi connectivity index (χ4v) is 10.00. The van der Waals surface area contributed by atoms with Gasteiger partial charge in [-0.2, -0.15) is 0 Å². The second kappa shape index (κ2) is 8.70. The lowest BCUT2D eigenvalue weighted by molar-refractivity contribution is 0.237. The molecule has 0 aliphatic carbocycles. The smallest absolute Gasteiger partial charge is 0.183 e. The van der Waals surface area contributed by atoms with Gasteiger partial charge in [-0.25, -0.2) is 16.8 Å². The van der Waals surface area contributed by atoms with Crippen molar-refractivity contribution in [3.05, 3.63) is 52.2 Å². The van der Waals surface area contributed by atoms with Gasteiger partial charge in [0.15, 0.2) is 19.7 Å². The van der Waals surface area contributed by atoms with E-state index in [1.54, 1.807) is 35.6 Å². The SMILES string of the molecule is Cc1ccc(S(=O)(=O)[C@H]2CS(=O)(=O)C[C@@H]2NCC(c2cccs2)N2CCCC2)cc1. The van der Waals surface area contributed by atoms with E-state index in [0.29, 0.717) is 6.54 Å². The molecule has 0 bridgehead atoms. The molecule has 2 aromatic rings. The van der Waals surface area contributed by atoms with Gasteiger partial charge in [0.1, 0.15) is 0 Å². The van der Waals surface area contributed by atoms with Crippen LogP contribution in [-0.2, 0) is 19.7 Å². The van der Waals surface area contributed by atoms with Gasteiger partial charge in [0.2, 0.25) is 0 Å². The molecule has 3 heterocycles. The Labute approximate surface area is 183 Å². The largest absolute Gasteiger partial charge is 0.310 e. The van der Waals surface area contributed by atoms with Crippen molar-refractivity contribution in [1.29, 1.82) is 0 Å². The molecule has 2 saturated heterocycles. The summed E-state index contributed by atoms with van der Waals surface area (Å²) < 4.78 is 51.3. The molecule has 1 N–H and O–H groups in total. The van der Waals surface area contributed by atoms with Gasteiger partial charge in [0.25, 0.3) is 0 Å². The summed E-state index contributed by atoms with van der Waals surface area (Å²) >= 11 is 1.69. The van der Waals surface area contributed by atoms with Gasteiger partial charge >= 0.3 is 0 Å². The molecule has 0 amide bonds. The Hall–Kier alpha value is -1.26. The van der Waals surface area contributed by atoms with Crippen molar-refractivity contribution < 1.29 is 16.8 Å². The van der Waals surface area contributed by atoms with Crippen LogP contribution in [0.5, 0.6) is 0 Å². The fourth-order valence-electron chi connectivity index (χ4n) is 4.42. The average molecular weight is 469 g/mol. The molecule has 6 nitrogen and oxygen atoms in total. The van der Waals surface area contributed by atoms with Gasteiger partial charge in [-0.05, 0) is 56.4 Å². The highest BCUT2D eigenvalue weighted by Crippen LogP contribution is 2.30. The van der Waals surface area contributed by atoms with Gasteiger partial charge in [0.05, 0.1) is 27.7 Å². The van der Waals surface area contributed by atoms with E-state index in [9.17, 15) is 16.8 Å². The minimum Gasteiger partial charge on any atom is -0.310 e. The first-order valence-electron chi connectivity index (χ1n) is 10.3. The number of hydrogen-bond donors (Lipinski definition) is 1. The van der Waals surface area contributed by atoms with E-state index >= 15 is 0 Å². The van der Waals surface area contributed by atoms with Crippen molar-refractivity contribution in [2.24, 2.45) is 0 Å². The molecule has 9 heteroatoms. The standard InChI is InChI=1S/C21H28N2O4S3/c1-16-6-8-17(9-7-16)30(26,27)21-15-29(24,25)14-18(21)22-13-19(20-5-4-12-28-20)23-10-2-3-11-23/h4-9,12,18-19,21-22H,2-3,10-11,13-15H2,1H3/t18-,19?,21-/m0/s1. The molecule has 4 rings (SSSR count). The van der Waals surface area contributed by atoms with Gasteiger partial charge in [-0.15, -0.1) is 11.3 Å². The number of thiophene rings is 1. The second-order valence-electron chi connectivity index (χ2n) is 8.26. The number of sulfone groups is 2. The Morgan fingerprint density at radius 1 is 1.13 bits per heavy atom. The minimum atomic E-state index is -3.75. The first kappa shape index (κ1) is 22.0. The van der Waals surface area contributed by atoms with Crippen LogP contribution in [-0.4, -0.2) is 64.2 Å².